The summed E-state index contributed by atoms with van der Waals surface area (Å²) in [4.78, 5) is 24.6. The van der Waals surface area contributed by atoms with Crippen LogP contribution in [0.3, 0.4) is 0 Å². The van der Waals surface area contributed by atoms with E-state index in [9.17, 15) is 4.79 Å². The second kappa shape index (κ2) is 8.57. The topological polar surface area (TPSA) is 61.5 Å². The number of hydrogen-bond acceptors (Lipinski definition) is 5. The first-order chi connectivity index (χ1) is 13.3. The maximum atomic E-state index is 12.4. The van der Waals surface area contributed by atoms with E-state index in [1.165, 1.54) is 12.8 Å². The fraction of sp³-hybridized carbons (Fsp3) is 0.524. The molecular formula is C21H28N4O2. The van der Waals surface area contributed by atoms with Gasteiger partial charge in [-0.1, -0.05) is 18.9 Å². The predicted molar refractivity (Wildman–Crippen MR) is 108 cm³/mol. The number of aromatic nitrogens is 2. The van der Waals surface area contributed by atoms with Gasteiger partial charge in [0.05, 0.1) is 13.2 Å². The number of morpholine rings is 1. The van der Waals surface area contributed by atoms with Gasteiger partial charge in [0.2, 0.25) is 0 Å². The summed E-state index contributed by atoms with van der Waals surface area (Å²) in [6.45, 7) is 4.07. The number of nitrogens with zero attached hydrogens (tertiary/aromatic N) is 3. The highest BCUT2D eigenvalue weighted by Crippen LogP contribution is 2.27. The number of rotatable bonds is 4. The van der Waals surface area contributed by atoms with Gasteiger partial charge in [0.1, 0.15) is 5.82 Å². The molecule has 4 heterocycles. The van der Waals surface area contributed by atoms with Crippen LogP contribution in [-0.2, 0) is 11.2 Å². The van der Waals surface area contributed by atoms with Crippen LogP contribution < -0.4 is 15.4 Å². The lowest BCUT2D eigenvalue weighted by Crippen LogP contribution is -2.39. The number of nitrogens with one attached hydrogen (secondary N) is 1. The quantitative estimate of drug-likeness (QED) is 0.899. The van der Waals surface area contributed by atoms with Crippen molar-refractivity contribution >= 4 is 11.5 Å². The Bertz CT molecular complexity index is 786. The van der Waals surface area contributed by atoms with Crippen LogP contribution in [0, 0.1) is 0 Å². The number of pyridine rings is 2. The average Bonchev–Trinajstić information content (AvgIpc) is 2.94. The number of ether oxygens (including phenoxy) is 1. The third kappa shape index (κ3) is 4.50. The van der Waals surface area contributed by atoms with Crippen LogP contribution in [0.25, 0.3) is 0 Å². The van der Waals surface area contributed by atoms with E-state index in [-0.39, 0.29) is 5.56 Å². The summed E-state index contributed by atoms with van der Waals surface area (Å²) in [7, 11) is 0. The molecule has 0 saturated carbocycles. The lowest BCUT2D eigenvalue weighted by atomic mass is 10.0. The van der Waals surface area contributed by atoms with E-state index in [0.717, 1.165) is 56.1 Å². The molecule has 0 aromatic carbocycles. The van der Waals surface area contributed by atoms with E-state index >= 15 is 0 Å². The number of H-pyrrole nitrogens is 1. The Hall–Kier alpha value is -2.34. The van der Waals surface area contributed by atoms with Gasteiger partial charge in [-0.25, -0.2) is 0 Å². The van der Waals surface area contributed by atoms with Crippen LogP contribution in [0.15, 0.2) is 41.3 Å². The fourth-order valence-electron chi connectivity index (χ4n) is 4.14. The summed E-state index contributed by atoms with van der Waals surface area (Å²) >= 11 is 0. The highest BCUT2D eigenvalue weighted by atomic mass is 16.5. The van der Waals surface area contributed by atoms with Crippen molar-refractivity contribution in [1.29, 1.82) is 0 Å². The second-order valence-corrected chi connectivity index (χ2v) is 7.41. The van der Waals surface area contributed by atoms with Crippen molar-refractivity contribution in [2.24, 2.45) is 0 Å². The van der Waals surface area contributed by atoms with Gasteiger partial charge in [-0.3, -0.25) is 9.78 Å². The molecule has 2 aliphatic rings. The van der Waals surface area contributed by atoms with E-state index in [4.69, 9.17) is 4.74 Å². The fourth-order valence-corrected chi connectivity index (χ4v) is 4.14. The molecule has 27 heavy (non-hydrogen) atoms. The van der Waals surface area contributed by atoms with E-state index in [2.05, 4.69) is 31.9 Å². The molecule has 0 radical (unpaired) electrons. The SMILES string of the molecule is O=c1cc(N2CCOCC2)cc(N2CCCCC[C@@H]2Cc2ccccn2)[nH]1. The van der Waals surface area contributed by atoms with E-state index in [1.54, 1.807) is 6.07 Å². The van der Waals surface area contributed by atoms with Gasteiger partial charge in [0.25, 0.3) is 5.56 Å². The Labute approximate surface area is 160 Å². The van der Waals surface area contributed by atoms with Crippen molar-refractivity contribution in [1.82, 2.24) is 9.97 Å². The number of hydrogen-bond donors (Lipinski definition) is 1. The monoisotopic (exact) mass is 368 g/mol. The van der Waals surface area contributed by atoms with E-state index < -0.39 is 0 Å². The van der Waals surface area contributed by atoms with Gasteiger partial charge in [-0.2, -0.15) is 0 Å². The van der Waals surface area contributed by atoms with Crippen molar-refractivity contribution in [3.05, 3.63) is 52.6 Å². The molecular weight excluding hydrogens is 340 g/mol. The summed E-state index contributed by atoms with van der Waals surface area (Å²) < 4.78 is 5.45. The summed E-state index contributed by atoms with van der Waals surface area (Å²) in [5, 5.41) is 0. The molecule has 0 unspecified atom stereocenters. The maximum Gasteiger partial charge on any atom is 0.251 e. The molecule has 0 spiro atoms. The minimum absolute atomic E-state index is 0.0326. The first kappa shape index (κ1) is 18.0. The average molecular weight is 368 g/mol. The minimum Gasteiger partial charge on any atom is -0.378 e. The Morgan fingerprint density at radius 1 is 1.11 bits per heavy atom. The third-order valence-electron chi connectivity index (χ3n) is 5.55. The lowest BCUT2D eigenvalue weighted by molar-refractivity contribution is 0.122. The zero-order valence-corrected chi connectivity index (χ0v) is 15.8. The van der Waals surface area contributed by atoms with Crippen molar-refractivity contribution in [2.45, 2.75) is 38.1 Å². The molecule has 0 bridgehead atoms. The Balaban J connectivity index is 1.61. The summed E-state index contributed by atoms with van der Waals surface area (Å²) in [6.07, 6.45) is 7.51. The zero-order chi connectivity index (χ0) is 18.5. The van der Waals surface area contributed by atoms with Gasteiger partial charge in [-0.15, -0.1) is 0 Å². The van der Waals surface area contributed by atoms with E-state index in [1.807, 2.05) is 18.3 Å². The Kier molecular flexibility index (Phi) is 5.72. The second-order valence-electron chi connectivity index (χ2n) is 7.41. The largest absolute Gasteiger partial charge is 0.378 e. The van der Waals surface area contributed by atoms with Gasteiger partial charge in [0.15, 0.2) is 0 Å². The van der Waals surface area contributed by atoms with Gasteiger partial charge in [0, 0.05) is 61.8 Å². The molecule has 1 atom stereocenters. The lowest BCUT2D eigenvalue weighted by Gasteiger charge is -2.33. The van der Waals surface area contributed by atoms with Crippen LogP contribution in [0.1, 0.15) is 31.4 Å². The summed E-state index contributed by atoms with van der Waals surface area (Å²) in [5.41, 5.74) is 2.08. The molecule has 6 nitrogen and oxygen atoms in total. The highest BCUT2D eigenvalue weighted by Gasteiger charge is 2.24. The van der Waals surface area contributed by atoms with Gasteiger partial charge in [-0.05, 0) is 25.0 Å². The maximum absolute atomic E-state index is 12.4. The first-order valence-electron chi connectivity index (χ1n) is 10.0. The van der Waals surface area contributed by atoms with Crippen molar-refractivity contribution < 1.29 is 4.74 Å². The highest BCUT2D eigenvalue weighted by molar-refractivity contribution is 5.56. The Morgan fingerprint density at radius 3 is 2.81 bits per heavy atom. The molecule has 2 saturated heterocycles. The van der Waals surface area contributed by atoms with Crippen molar-refractivity contribution in [2.75, 3.05) is 42.6 Å². The summed E-state index contributed by atoms with van der Waals surface area (Å²) in [6, 6.07) is 10.3. The van der Waals surface area contributed by atoms with Crippen LogP contribution in [-0.4, -0.2) is 48.9 Å². The first-order valence-corrected chi connectivity index (χ1v) is 10.0. The van der Waals surface area contributed by atoms with E-state index in [0.29, 0.717) is 19.3 Å². The molecule has 2 fully saturated rings. The molecule has 144 valence electrons. The smallest absolute Gasteiger partial charge is 0.251 e. The molecule has 1 N–H and O–H groups in total. The molecule has 2 aromatic rings. The van der Waals surface area contributed by atoms with Gasteiger partial charge >= 0.3 is 0 Å². The summed E-state index contributed by atoms with van der Waals surface area (Å²) in [5.74, 6) is 0.937. The van der Waals surface area contributed by atoms with Crippen LogP contribution >= 0.6 is 0 Å². The van der Waals surface area contributed by atoms with Crippen LogP contribution in [0.2, 0.25) is 0 Å². The molecule has 0 amide bonds. The normalized spacial score (nSPS) is 21.1. The standard InChI is InChI=1S/C21H28N4O2/c26-21-16-19(24-10-12-27-13-11-24)15-20(23-21)25-9-5-1-2-7-18(25)14-17-6-3-4-8-22-17/h3-4,6,8,15-16,18H,1-2,5,7,9-14H2,(H,23,26)/t18-/m1/s1. The molecule has 0 aliphatic carbocycles. The van der Waals surface area contributed by atoms with Gasteiger partial charge < -0.3 is 19.5 Å². The molecule has 4 rings (SSSR count). The molecule has 2 aliphatic heterocycles. The van der Waals surface area contributed by atoms with Crippen molar-refractivity contribution in [3.63, 3.8) is 0 Å². The van der Waals surface area contributed by atoms with Crippen molar-refractivity contribution in [3.8, 4) is 0 Å². The Morgan fingerprint density at radius 2 is 2.00 bits per heavy atom. The van der Waals surface area contributed by atoms with Crippen LogP contribution in [0.4, 0.5) is 11.5 Å². The molecule has 2 aromatic heterocycles. The zero-order valence-electron chi connectivity index (χ0n) is 15.8. The third-order valence-corrected chi connectivity index (χ3v) is 5.55. The number of anilines is 2. The molecule has 6 heteroatoms. The minimum atomic E-state index is -0.0326. The number of aromatic amines is 1. The van der Waals surface area contributed by atoms with Crippen LogP contribution in [0.5, 0.6) is 0 Å². The predicted octanol–water partition coefficient (Wildman–Crippen LogP) is 2.60.